The molecule has 2 rings (SSSR count). The van der Waals surface area contributed by atoms with E-state index in [0.29, 0.717) is 10.7 Å². The smallest absolute Gasteiger partial charge is 0.272 e. The first-order chi connectivity index (χ1) is 11.0. The predicted octanol–water partition coefficient (Wildman–Crippen LogP) is 3.76. The van der Waals surface area contributed by atoms with Gasteiger partial charge in [-0.15, -0.1) is 0 Å². The van der Waals surface area contributed by atoms with E-state index < -0.39 is 5.91 Å². The first kappa shape index (κ1) is 16.8. The third-order valence-electron chi connectivity index (χ3n) is 3.15. The monoisotopic (exact) mass is 328 g/mol. The summed E-state index contributed by atoms with van der Waals surface area (Å²) in [6, 6.07) is 14.4. The van der Waals surface area contributed by atoms with Gasteiger partial charge in [0.25, 0.3) is 5.91 Å². The molecule has 0 unspecified atom stereocenters. The Morgan fingerprint density at radius 2 is 1.70 bits per heavy atom. The number of benzene rings is 2. The third kappa shape index (κ3) is 4.97. The minimum atomic E-state index is -0.397. The highest BCUT2D eigenvalue weighted by Crippen LogP contribution is 2.15. The van der Waals surface area contributed by atoms with Gasteiger partial charge in [-0.05, 0) is 48.4 Å². The van der Waals surface area contributed by atoms with E-state index in [1.807, 2.05) is 31.2 Å². The molecule has 0 saturated carbocycles. The lowest BCUT2D eigenvalue weighted by Gasteiger charge is -2.10. The predicted molar refractivity (Wildman–Crippen MR) is 93.1 cm³/mol. The fourth-order valence-electron chi connectivity index (χ4n) is 1.98. The van der Waals surface area contributed by atoms with E-state index in [1.165, 1.54) is 6.92 Å². The van der Waals surface area contributed by atoms with Crippen LogP contribution in [0.4, 0.5) is 5.69 Å². The molecule has 0 heterocycles. The van der Waals surface area contributed by atoms with E-state index >= 15 is 0 Å². The van der Waals surface area contributed by atoms with E-state index in [-0.39, 0.29) is 11.6 Å². The second-order valence-corrected chi connectivity index (χ2v) is 5.49. The van der Waals surface area contributed by atoms with Gasteiger partial charge in [0.15, 0.2) is 0 Å². The van der Waals surface area contributed by atoms with Crippen LogP contribution in [-0.4, -0.2) is 11.8 Å². The van der Waals surface area contributed by atoms with Crippen LogP contribution in [0.5, 0.6) is 0 Å². The summed E-state index contributed by atoms with van der Waals surface area (Å²) < 4.78 is 0. The van der Waals surface area contributed by atoms with Crippen LogP contribution >= 0.6 is 11.6 Å². The van der Waals surface area contributed by atoms with Crippen LogP contribution < -0.4 is 10.6 Å². The lowest BCUT2D eigenvalue weighted by Crippen LogP contribution is -2.29. The molecule has 0 radical (unpaired) electrons. The molecule has 0 aromatic heterocycles. The van der Waals surface area contributed by atoms with E-state index in [0.717, 1.165) is 11.1 Å². The van der Waals surface area contributed by atoms with Gasteiger partial charge in [-0.25, -0.2) is 0 Å². The molecule has 0 fully saturated rings. The van der Waals surface area contributed by atoms with Crippen molar-refractivity contribution in [2.75, 3.05) is 5.32 Å². The SMILES string of the molecule is CC(=O)N/C(=C/c1ccccc1C)C(=O)Nc1ccc(Cl)cc1. The van der Waals surface area contributed by atoms with Crippen molar-refractivity contribution in [2.45, 2.75) is 13.8 Å². The Morgan fingerprint density at radius 3 is 2.30 bits per heavy atom. The van der Waals surface area contributed by atoms with Crippen LogP contribution in [0.2, 0.25) is 5.02 Å². The number of hydrogen-bond donors (Lipinski definition) is 2. The van der Waals surface area contributed by atoms with Gasteiger partial charge in [-0.1, -0.05) is 35.9 Å². The quantitative estimate of drug-likeness (QED) is 0.839. The summed E-state index contributed by atoms with van der Waals surface area (Å²) in [6.45, 7) is 3.30. The number of rotatable bonds is 4. The van der Waals surface area contributed by atoms with Gasteiger partial charge < -0.3 is 10.6 Å². The molecule has 2 aromatic rings. The minimum Gasteiger partial charge on any atom is -0.322 e. The molecule has 0 aliphatic heterocycles. The van der Waals surface area contributed by atoms with E-state index in [1.54, 1.807) is 30.3 Å². The second-order valence-electron chi connectivity index (χ2n) is 5.06. The molecule has 4 nitrogen and oxygen atoms in total. The fraction of sp³-hybridized carbons (Fsp3) is 0.111. The van der Waals surface area contributed by atoms with Crippen molar-refractivity contribution >= 4 is 35.2 Å². The van der Waals surface area contributed by atoms with Gasteiger partial charge in [-0.2, -0.15) is 0 Å². The van der Waals surface area contributed by atoms with Gasteiger partial charge in [0.2, 0.25) is 5.91 Å². The fourth-order valence-corrected chi connectivity index (χ4v) is 2.11. The van der Waals surface area contributed by atoms with Crippen molar-refractivity contribution in [2.24, 2.45) is 0 Å². The Morgan fingerprint density at radius 1 is 1.04 bits per heavy atom. The molecular formula is C18H17ClN2O2. The maximum atomic E-state index is 12.4. The zero-order chi connectivity index (χ0) is 16.8. The number of carbonyl (C=O) groups excluding carboxylic acids is 2. The molecule has 0 spiro atoms. The molecule has 0 atom stereocenters. The van der Waals surface area contributed by atoms with Crippen molar-refractivity contribution < 1.29 is 9.59 Å². The van der Waals surface area contributed by atoms with E-state index in [9.17, 15) is 9.59 Å². The van der Waals surface area contributed by atoms with Gasteiger partial charge >= 0.3 is 0 Å². The maximum Gasteiger partial charge on any atom is 0.272 e. The van der Waals surface area contributed by atoms with Crippen molar-refractivity contribution in [3.05, 3.63) is 70.4 Å². The molecule has 2 aromatic carbocycles. The molecule has 118 valence electrons. The van der Waals surface area contributed by atoms with Crippen LogP contribution in [0, 0.1) is 6.92 Å². The Kier molecular flexibility index (Phi) is 5.55. The van der Waals surface area contributed by atoms with Crippen LogP contribution in [0.15, 0.2) is 54.2 Å². The van der Waals surface area contributed by atoms with Crippen molar-refractivity contribution in [1.82, 2.24) is 5.32 Å². The van der Waals surface area contributed by atoms with Crippen molar-refractivity contribution in [3.8, 4) is 0 Å². The summed E-state index contributed by atoms with van der Waals surface area (Å²) in [7, 11) is 0. The van der Waals surface area contributed by atoms with Crippen molar-refractivity contribution in [1.29, 1.82) is 0 Å². The van der Waals surface area contributed by atoms with Crippen molar-refractivity contribution in [3.63, 3.8) is 0 Å². The van der Waals surface area contributed by atoms with Crippen LogP contribution in [0.1, 0.15) is 18.1 Å². The van der Waals surface area contributed by atoms with Crippen LogP contribution in [0.25, 0.3) is 6.08 Å². The van der Waals surface area contributed by atoms with E-state index in [4.69, 9.17) is 11.6 Å². The van der Waals surface area contributed by atoms with E-state index in [2.05, 4.69) is 10.6 Å². The number of nitrogens with one attached hydrogen (secondary N) is 2. The van der Waals surface area contributed by atoms with Gasteiger partial charge in [-0.3, -0.25) is 9.59 Å². The first-order valence-electron chi connectivity index (χ1n) is 7.07. The summed E-state index contributed by atoms with van der Waals surface area (Å²) in [5.74, 6) is -0.707. The molecule has 23 heavy (non-hydrogen) atoms. The highest BCUT2D eigenvalue weighted by atomic mass is 35.5. The summed E-state index contributed by atoms with van der Waals surface area (Å²) in [6.07, 6.45) is 1.65. The van der Waals surface area contributed by atoms with Crippen LogP contribution in [-0.2, 0) is 9.59 Å². The van der Waals surface area contributed by atoms with Crippen LogP contribution in [0.3, 0.4) is 0 Å². The molecule has 0 saturated heterocycles. The second kappa shape index (κ2) is 7.61. The highest BCUT2D eigenvalue weighted by molar-refractivity contribution is 6.30. The lowest BCUT2D eigenvalue weighted by molar-refractivity contribution is -0.120. The molecular weight excluding hydrogens is 312 g/mol. The molecule has 5 heteroatoms. The number of amides is 2. The Hall–Kier alpha value is -2.59. The topological polar surface area (TPSA) is 58.2 Å². The Balaban J connectivity index is 2.27. The average molecular weight is 329 g/mol. The molecule has 0 bridgehead atoms. The molecule has 2 amide bonds. The first-order valence-corrected chi connectivity index (χ1v) is 7.45. The Bertz CT molecular complexity index is 752. The summed E-state index contributed by atoms with van der Waals surface area (Å²) in [5, 5.41) is 5.89. The molecule has 2 N–H and O–H groups in total. The Labute approximate surface area is 140 Å². The third-order valence-corrected chi connectivity index (χ3v) is 3.40. The average Bonchev–Trinajstić information content (AvgIpc) is 2.50. The molecule has 0 aliphatic carbocycles. The maximum absolute atomic E-state index is 12.4. The number of anilines is 1. The highest BCUT2D eigenvalue weighted by Gasteiger charge is 2.12. The molecule has 0 aliphatic rings. The summed E-state index contributed by atoms with van der Waals surface area (Å²) >= 11 is 5.82. The number of halogens is 1. The normalized spacial score (nSPS) is 11.0. The zero-order valence-corrected chi connectivity index (χ0v) is 13.6. The minimum absolute atomic E-state index is 0.182. The number of carbonyl (C=O) groups is 2. The largest absolute Gasteiger partial charge is 0.322 e. The van der Waals surface area contributed by atoms with Gasteiger partial charge in [0.1, 0.15) is 5.70 Å². The zero-order valence-electron chi connectivity index (χ0n) is 12.9. The number of aryl methyl sites for hydroxylation is 1. The van der Waals surface area contributed by atoms with Gasteiger partial charge in [0, 0.05) is 17.6 Å². The number of hydrogen-bond acceptors (Lipinski definition) is 2. The lowest BCUT2D eigenvalue weighted by atomic mass is 10.1. The summed E-state index contributed by atoms with van der Waals surface area (Å²) in [4.78, 5) is 23.8. The summed E-state index contributed by atoms with van der Waals surface area (Å²) in [5.41, 5.74) is 2.65. The van der Waals surface area contributed by atoms with Gasteiger partial charge in [0.05, 0.1) is 0 Å². The standard InChI is InChI=1S/C18H17ClN2O2/c1-12-5-3-4-6-14(12)11-17(20-13(2)22)18(23)21-16-9-7-15(19)8-10-16/h3-11H,1-2H3,(H,20,22)(H,21,23)/b17-11+.